The molecule has 0 spiro atoms. The van der Waals surface area contributed by atoms with Crippen molar-refractivity contribution in [1.82, 2.24) is 5.32 Å². The molecule has 19 heavy (non-hydrogen) atoms. The van der Waals surface area contributed by atoms with Gasteiger partial charge in [0.2, 0.25) is 5.91 Å². The monoisotopic (exact) mass is 263 g/mol. The molecule has 1 aliphatic rings. The molecule has 0 aliphatic heterocycles. The lowest BCUT2D eigenvalue weighted by Gasteiger charge is -2.10. The van der Waals surface area contributed by atoms with E-state index in [2.05, 4.69) is 5.32 Å². The number of methoxy groups -OCH3 is 2. The number of hydrogen-bond donors (Lipinski definition) is 1. The van der Waals surface area contributed by atoms with Gasteiger partial charge in [0.05, 0.1) is 14.2 Å². The average molecular weight is 263 g/mol. The summed E-state index contributed by atoms with van der Waals surface area (Å²) < 4.78 is 10.5. The van der Waals surface area contributed by atoms with Crippen molar-refractivity contribution in [3.8, 4) is 11.5 Å². The van der Waals surface area contributed by atoms with E-state index in [1.807, 2.05) is 18.2 Å². The predicted molar refractivity (Wildman–Crippen MR) is 73.6 cm³/mol. The lowest BCUT2D eigenvalue weighted by Crippen LogP contribution is -2.26. The summed E-state index contributed by atoms with van der Waals surface area (Å²) in [6.07, 6.45) is 3.87. The summed E-state index contributed by atoms with van der Waals surface area (Å²) in [6, 6.07) is 5.79. The summed E-state index contributed by atoms with van der Waals surface area (Å²) in [4.78, 5) is 11.5. The minimum atomic E-state index is 0.206. The van der Waals surface area contributed by atoms with Crippen molar-refractivity contribution in [1.29, 1.82) is 0 Å². The van der Waals surface area contributed by atoms with Gasteiger partial charge in [0, 0.05) is 12.5 Å². The first-order valence-corrected chi connectivity index (χ1v) is 6.73. The second-order valence-corrected chi connectivity index (χ2v) is 4.85. The molecule has 2 rings (SSSR count). The quantitative estimate of drug-likeness (QED) is 0.767. The van der Waals surface area contributed by atoms with E-state index < -0.39 is 0 Å². The number of aryl methyl sites for hydroxylation is 1. The van der Waals surface area contributed by atoms with Crippen molar-refractivity contribution in [2.75, 3.05) is 20.8 Å². The van der Waals surface area contributed by atoms with E-state index in [-0.39, 0.29) is 11.8 Å². The van der Waals surface area contributed by atoms with Gasteiger partial charge in [-0.25, -0.2) is 0 Å². The summed E-state index contributed by atoms with van der Waals surface area (Å²) in [7, 11) is 3.32. The van der Waals surface area contributed by atoms with Crippen LogP contribution in [0.2, 0.25) is 0 Å². The Hall–Kier alpha value is -1.71. The van der Waals surface area contributed by atoms with Crippen LogP contribution in [0, 0.1) is 5.92 Å². The topological polar surface area (TPSA) is 47.6 Å². The highest BCUT2D eigenvalue weighted by atomic mass is 16.5. The number of benzene rings is 1. The van der Waals surface area contributed by atoms with Crippen molar-refractivity contribution >= 4 is 5.91 Å². The van der Waals surface area contributed by atoms with E-state index in [1.165, 1.54) is 0 Å². The molecule has 0 unspecified atom stereocenters. The van der Waals surface area contributed by atoms with Gasteiger partial charge in [-0.05, 0) is 49.4 Å². The zero-order chi connectivity index (χ0) is 13.7. The summed E-state index contributed by atoms with van der Waals surface area (Å²) in [5.74, 6) is 2.19. The van der Waals surface area contributed by atoms with Crippen LogP contribution in [0.3, 0.4) is 0 Å². The van der Waals surface area contributed by atoms with Gasteiger partial charge >= 0.3 is 0 Å². The number of hydrogen-bond acceptors (Lipinski definition) is 3. The van der Waals surface area contributed by atoms with Gasteiger partial charge in [-0.3, -0.25) is 4.79 Å². The van der Waals surface area contributed by atoms with Crippen LogP contribution in [-0.2, 0) is 11.2 Å². The fraction of sp³-hybridized carbons (Fsp3) is 0.533. The average Bonchev–Trinajstić information content (AvgIpc) is 3.27. The van der Waals surface area contributed by atoms with Crippen molar-refractivity contribution in [3.63, 3.8) is 0 Å². The van der Waals surface area contributed by atoms with Crippen LogP contribution in [0.1, 0.15) is 24.8 Å². The van der Waals surface area contributed by atoms with Crippen LogP contribution in [0.5, 0.6) is 11.5 Å². The molecule has 0 bridgehead atoms. The smallest absolute Gasteiger partial charge is 0.223 e. The van der Waals surface area contributed by atoms with Gasteiger partial charge in [-0.15, -0.1) is 0 Å². The van der Waals surface area contributed by atoms with Crippen LogP contribution in [0.25, 0.3) is 0 Å². The first-order chi connectivity index (χ1) is 9.24. The fourth-order valence-corrected chi connectivity index (χ4v) is 2.06. The molecule has 1 saturated carbocycles. The fourth-order valence-electron chi connectivity index (χ4n) is 2.06. The van der Waals surface area contributed by atoms with E-state index in [1.54, 1.807) is 14.2 Å². The number of amides is 1. The van der Waals surface area contributed by atoms with Crippen LogP contribution >= 0.6 is 0 Å². The number of carbonyl (C=O) groups is 1. The maximum atomic E-state index is 11.5. The van der Waals surface area contributed by atoms with E-state index in [4.69, 9.17) is 9.47 Å². The van der Waals surface area contributed by atoms with Gasteiger partial charge in [0.15, 0.2) is 0 Å². The minimum absolute atomic E-state index is 0.206. The third-order valence-corrected chi connectivity index (χ3v) is 3.36. The molecule has 1 aromatic carbocycles. The van der Waals surface area contributed by atoms with Crippen molar-refractivity contribution < 1.29 is 14.3 Å². The first kappa shape index (κ1) is 13.7. The van der Waals surface area contributed by atoms with Gasteiger partial charge < -0.3 is 14.8 Å². The maximum absolute atomic E-state index is 11.5. The molecule has 104 valence electrons. The molecule has 0 heterocycles. The molecule has 4 heteroatoms. The highest BCUT2D eigenvalue weighted by Gasteiger charge is 2.28. The first-order valence-electron chi connectivity index (χ1n) is 6.73. The normalized spacial score (nSPS) is 14.0. The highest BCUT2D eigenvalue weighted by Crippen LogP contribution is 2.28. The van der Waals surface area contributed by atoms with Crippen LogP contribution in [0.15, 0.2) is 18.2 Å². The second kappa shape index (κ2) is 6.45. The van der Waals surface area contributed by atoms with Crippen LogP contribution in [-0.4, -0.2) is 26.7 Å². The Labute approximate surface area is 114 Å². The lowest BCUT2D eigenvalue weighted by molar-refractivity contribution is -0.122. The largest absolute Gasteiger partial charge is 0.497 e. The van der Waals surface area contributed by atoms with Gasteiger partial charge in [0.25, 0.3) is 0 Å². The Balaban J connectivity index is 1.81. The van der Waals surface area contributed by atoms with Crippen molar-refractivity contribution in [2.45, 2.75) is 25.7 Å². The molecular weight excluding hydrogens is 242 g/mol. The van der Waals surface area contributed by atoms with E-state index in [0.717, 1.165) is 49.3 Å². The zero-order valence-electron chi connectivity index (χ0n) is 11.6. The molecule has 1 aliphatic carbocycles. The molecular formula is C15H21NO3. The summed E-state index contributed by atoms with van der Waals surface area (Å²) >= 11 is 0. The predicted octanol–water partition coefficient (Wildman–Crippen LogP) is 2.16. The highest BCUT2D eigenvalue weighted by molar-refractivity contribution is 5.80. The molecule has 1 fully saturated rings. The van der Waals surface area contributed by atoms with Gasteiger partial charge in [-0.2, -0.15) is 0 Å². The Kier molecular flexibility index (Phi) is 4.66. The lowest BCUT2D eigenvalue weighted by atomic mass is 10.1. The van der Waals surface area contributed by atoms with Gasteiger partial charge in [0.1, 0.15) is 11.5 Å². The summed E-state index contributed by atoms with van der Waals surface area (Å²) in [5, 5.41) is 2.97. The second-order valence-electron chi connectivity index (χ2n) is 4.85. The molecule has 0 atom stereocenters. The Bertz CT molecular complexity index is 441. The van der Waals surface area contributed by atoms with E-state index in [0.29, 0.717) is 0 Å². The standard InChI is InChI=1S/C15H21NO3/c1-18-13-7-8-14(19-2)12(10-13)4-3-9-16-15(17)11-5-6-11/h7-8,10-11H,3-6,9H2,1-2H3,(H,16,17). The molecule has 0 aromatic heterocycles. The van der Waals surface area contributed by atoms with Gasteiger partial charge in [-0.1, -0.05) is 0 Å². The number of nitrogens with one attached hydrogen (secondary N) is 1. The SMILES string of the molecule is COc1ccc(OC)c(CCCNC(=O)C2CC2)c1. The minimum Gasteiger partial charge on any atom is -0.497 e. The van der Waals surface area contributed by atoms with E-state index in [9.17, 15) is 4.79 Å². The van der Waals surface area contributed by atoms with E-state index >= 15 is 0 Å². The maximum Gasteiger partial charge on any atom is 0.223 e. The van der Waals surface area contributed by atoms with Crippen molar-refractivity contribution in [3.05, 3.63) is 23.8 Å². The Morgan fingerprint density at radius 2 is 2.11 bits per heavy atom. The third-order valence-electron chi connectivity index (χ3n) is 3.36. The number of carbonyl (C=O) groups excluding carboxylic acids is 1. The molecule has 0 radical (unpaired) electrons. The summed E-state index contributed by atoms with van der Waals surface area (Å²) in [5.41, 5.74) is 1.11. The number of rotatable bonds is 7. The molecule has 1 amide bonds. The molecule has 0 saturated heterocycles. The molecule has 1 aromatic rings. The summed E-state index contributed by atoms with van der Waals surface area (Å²) in [6.45, 7) is 0.718. The molecule has 1 N–H and O–H groups in total. The Morgan fingerprint density at radius 3 is 2.74 bits per heavy atom. The third kappa shape index (κ3) is 3.88. The van der Waals surface area contributed by atoms with Crippen molar-refractivity contribution in [2.24, 2.45) is 5.92 Å². The van der Waals surface area contributed by atoms with Crippen LogP contribution < -0.4 is 14.8 Å². The van der Waals surface area contributed by atoms with Crippen LogP contribution in [0.4, 0.5) is 0 Å². The zero-order valence-corrected chi connectivity index (χ0v) is 11.6. The number of ether oxygens (including phenoxy) is 2. The molecule has 4 nitrogen and oxygen atoms in total. The Morgan fingerprint density at radius 1 is 1.32 bits per heavy atom.